The number of aromatic nitrogens is 1. The van der Waals surface area contributed by atoms with E-state index in [9.17, 15) is 22.8 Å². The zero-order valence-electron chi connectivity index (χ0n) is 22.9. The maximum absolute atomic E-state index is 13.3. The molecule has 41 heavy (non-hydrogen) atoms. The molecule has 0 radical (unpaired) electrons. The number of amides is 2. The van der Waals surface area contributed by atoms with Gasteiger partial charge in [-0.25, -0.2) is 14.2 Å². The van der Waals surface area contributed by atoms with E-state index in [0.29, 0.717) is 23.7 Å². The summed E-state index contributed by atoms with van der Waals surface area (Å²) in [4.78, 5) is 29.5. The van der Waals surface area contributed by atoms with Gasteiger partial charge in [0.1, 0.15) is 5.82 Å². The van der Waals surface area contributed by atoms with E-state index in [-0.39, 0.29) is 47.2 Å². The van der Waals surface area contributed by atoms with Crippen LogP contribution >= 0.6 is 0 Å². The lowest BCUT2D eigenvalue weighted by Crippen LogP contribution is -2.27. The standard InChI is InChI=1S/C29H32F3N3O6/c1-29(2,3)13-22(40-28(33)37)24-23(25(36)34-14-16-6-9-19(30)10-7-16)35-26(41-24)18-8-11-20(39-27(31)32)21(12-18)38-15-17-4-5-17/h6-12,17,22,27H,4-5,13-15H2,1-3H3,(H2,33,37)(H,34,36). The van der Waals surface area contributed by atoms with Gasteiger partial charge >= 0.3 is 12.7 Å². The Bertz CT molecular complexity index is 1370. The molecule has 1 heterocycles. The number of hydrogen-bond acceptors (Lipinski definition) is 7. The first-order valence-corrected chi connectivity index (χ1v) is 13.1. The summed E-state index contributed by atoms with van der Waals surface area (Å²) < 4.78 is 61.0. The molecule has 0 aliphatic heterocycles. The third-order valence-corrected chi connectivity index (χ3v) is 6.16. The molecule has 3 aromatic rings. The van der Waals surface area contributed by atoms with Gasteiger partial charge in [0.2, 0.25) is 5.89 Å². The molecule has 9 nitrogen and oxygen atoms in total. The van der Waals surface area contributed by atoms with Crippen molar-refractivity contribution >= 4 is 12.0 Å². The normalized spacial score (nSPS) is 14.0. The summed E-state index contributed by atoms with van der Waals surface area (Å²) in [6.45, 7) is 3.04. The average Bonchev–Trinajstić information content (AvgIpc) is 3.61. The number of carbonyl (C=O) groups is 2. The van der Waals surface area contributed by atoms with Crippen LogP contribution in [0, 0.1) is 17.2 Å². The maximum atomic E-state index is 13.3. The number of nitrogens with zero attached hydrogens (tertiary/aromatic N) is 1. The first-order chi connectivity index (χ1) is 19.4. The zero-order chi connectivity index (χ0) is 29.7. The summed E-state index contributed by atoms with van der Waals surface area (Å²) in [6.07, 6.45) is 0.0737. The summed E-state index contributed by atoms with van der Waals surface area (Å²) in [5.74, 6) is -0.895. The smallest absolute Gasteiger partial charge is 0.405 e. The van der Waals surface area contributed by atoms with Gasteiger partial charge in [-0.2, -0.15) is 8.78 Å². The number of primary amides is 1. The van der Waals surface area contributed by atoms with Crippen molar-refractivity contribution in [3.63, 3.8) is 0 Å². The van der Waals surface area contributed by atoms with Gasteiger partial charge in [-0.05, 0) is 66.5 Å². The van der Waals surface area contributed by atoms with Crippen LogP contribution < -0.4 is 20.5 Å². The van der Waals surface area contributed by atoms with E-state index in [2.05, 4.69) is 15.0 Å². The second kappa shape index (κ2) is 12.5. The fourth-order valence-corrected chi connectivity index (χ4v) is 4.03. The maximum Gasteiger partial charge on any atom is 0.405 e. The molecule has 1 aromatic heterocycles. The Morgan fingerprint density at radius 1 is 1.12 bits per heavy atom. The second-order valence-corrected chi connectivity index (χ2v) is 11.0. The predicted octanol–water partition coefficient (Wildman–Crippen LogP) is 6.37. The largest absolute Gasteiger partial charge is 0.489 e. The number of ether oxygens (including phenoxy) is 3. The molecule has 1 saturated carbocycles. The van der Waals surface area contributed by atoms with Crippen molar-refractivity contribution < 1.29 is 41.4 Å². The minimum atomic E-state index is -3.06. The highest BCUT2D eigenvalue weighted by Gasteiger charge is 2.33. The van der Waals surface area contributed by atoms with Crippen LogP contribution in [0.25, 0.3) is 11.5 Å². The monoisotopic (exact) mass is 575 g/mol. The Hall–Kier alpha value is -4.22. The quantitative estimate of drug-likeness (QED) is 0.257. The Kier molecular flexibility index (Phi) is 9.09. The van der Waals surface area contributed by atoms with Crippen LogP contribution in [0.1, 0.15) is 67.9 Å². The Labute approximate surface area is 235 Å². The molecule has 2 amide bonds. The SMILES string of the molecule is CC(C)(C)CC(OC(N)=O)c1oc(-c2ccc(OC(F)F)c(OCC3CC3)c2)nc1C(=O)NCc1ccc(F)cc1. The average molecular weight is 576 g/mol. The van der Waals surface area contributed by atoms with Crippen molar-refractivity contribution in [2.45, 2.75) is 59.3 Å². The predicted molar refractivity (Wildman–Crippen MR) is 142 cm³/mol. The molecule has 1 atom stereocenters. The van der Waals surface area contributed by atoms with Gasteiger partial charge < -0.3 is 29.7 Å². The van der Waals surface area contributed by atoms with E-state index in [1.807, 2.05) is 20.8 Å². The van der Waals surface area contributed by atoms with Gasteiger partial charge in [0.25, 0.3) is 5.91 Å². The molecule has 1 fully saturated rings. The minimum Gasteiger partial charge on any atom is -0.489 e. The van der Waals surface area contributed by atoms with E-state index in [0.717, 1.165) is 12.8 Å². The number of carbonyl (C=O) groups excluding carboxylic acids is 2. The van der Waals surface area contributed by atoms with Crippen molar-refractivity contribution in [1.82, 2.24) is 10.3 Å². The Morgan fingerprint density at radius 3 is 2.44 bits per heavy atom. The second-order valence-electron chi connectivity index (χ2n) is 11.0. The molecule has 0 bridgehead atoms. The van der Waals surface area contributed by atoms with E-state index < -0.39 is 30.5 Å². The topological polar surface area (TPSA) is 126 Å². The molecule has 220 valence electrons. The fourth-order valence-electron chi connectivity index (χ4n) is 4.03. The molecule has 4 rings (SSSR count). The van der Waals surface area contributed by atoms with Crippen LogP contribution in [0.2, 0.25) is 0 Å². The number of alkyl halides is 2. The van der Waals surface area contributed by atoms with Crippen molar-refractivity contribution in [2.75, 3.05) is 6.61 Å². The van der Waals surface area contributed by atoms with E-state index in [1.165, 1.54) is 42.5 Å². The fraction of sp³-hybridized carbons (Fsp3) is 0.414. The summed E-state index contributed by atoms with van der Waals surface area (Å²) in [5.41, 5.74) is 5.74. The molecular formula is C29H32F3N3O6. The van der Waals surface area contributed by atoms with E-state index >= 15 is 0 Å². The lowest BCUT2D eigenvalue weighted by atomic mass is 9.88. The highest BCUT2D eigenvalue weighted by Crippen LogP contribution is 2.39. The van der Waals surface area contributed by atoms with Gasteiger partial charge in [0, 0.05) is 12.1 Å². The molecular weight excluding hydrogens is 543 g/mol. The van der Waals surface area contributed by atoms with Gasteiger partial charge in [0.05, 0.1) is 6.61 Å². The minimum absolute atomic E-state index is 0.0428. The third kappa shape index (κ3) is 8.63. The molecule has 1 aliphatic carbocycles. The van der Waals surface area contributed by atoms with Gasteiger partial charge in [-0.3, -0.25) is 4.79 Å². The van der Waals surface area contributed by atoms with Crippen molar-refractivity contribution in [3.8, 4) is 23.0 Å². The first-order valence-electron chi connectivity index (χ1n) is 13.1. The molecule has 12 heteroatoms. The summed E-state index contributed by atoms with van der Waals surface area (Å²) >= 11 is 0. The molecule has 2 aromatic carbocycles. The molecule has 0 spiro atoms. The van der Waals surface area contributed by atoms with Gasteiger partial charge in [-0.15, -0.1) is 0 Å². The number of nitrogens with one attached hydrogen (secondary N) is 1. The van der Waals surface area contributed by atoms with Crippen LogP contribution in [0.15, 0.2) is 46.9 Å². The van der Waals surface area contributed by atoms with Crippen LogP contribution in [0.3, 0.4) is 0 Å². The molecule has 0 saturated heterocycles. The number of benzene rings is 2. The highest BCUT2D eigenvalue weighted by atomic mass is 19.3. The molecule has 3 N–H and O–H groups in total. The van der Waals surface area contributed by atoms with Crippen LogP contribution in [0.5, 0.6) is 11.5 Å². The van der Waals surface area contributed by atoms with E-state index in [4.69, 9.17) is 19.6 Å². The van der Waals surface area contributed by atoms with Crippen LogP contribution in [-0.2, 0) is 11.3 Å². The van der Waals surface area contributed by atoms with Crippen molar-refractivity contribution in [2.24, 2.45) is 17.1 Å². The van der Waals surface area contributed by atoms with Crippen LogP contribution in [0.4, 0.5) is 18.0 Å². The third-order valence-electron chi connectivity index (χ3n) is 6.16. The summed E-state index contributed by atoms with van der Waals surface area (Å²) in [6, 6.07) is 9.76. The first kappa shape index (κ1) is 29.8. The van der Waals surface area contributed by atoms with E-state index in [1.54, 1.807) is 0 Å². The molecule has 1 aliphatic rings. The number of oxazole rings is 1. The molecule has 1 unspecified atom stereocenters. The number of rotatable bonds is 12. The number of halogens is 3. The van der Waals surface area contributed by atoms with Crippen molar-refractivity contribution in [1.29, 1.82) is 0 Å². The Balaban J connectivity index is 1.71. The number of hydrogen-bond donors (Lipinski definition) is 2. The van der Waals surface area contributed by atoms with Crippen LogP contribution in [-0.4, -0.2) is 30.2 Å². The lowest BCUT2D eigenvalue weighted by molar-refractivity contribution is -0.0515. The highest BCUT2D eigenvalue weighted by molar-refractivity contribution is 5.94. The zero-order valence-corrected chi connectivity index (χ0v) is 22.9. The summed E-state index contributed by atoms with van der Waals surface area (Å²) in [5, 5.41) is 2.71. The summed E-state index contributed by atoms with van der Waals surface area (Å²) in [7, 11) is 0. The van der Waals surface area contributed by atoms with Gasteiger partial charge in [0.15, 0.2) is 29.1 Å². The van der Waals surface area contributed by atoms with Gasteiger partial charge in [-0.1, -0.05) is 32.9 Å². The van der Waals surface area contributed by atoms with Crippen molar-refractivity contribution in [3.05, 3.63) is 65.3 Å². The Morgan fingerprint density at radius 2 is 1.83 bits per heavy atom. The lowest BCUT2D eigenvalue weighted by Gasteiger charge is -2.24. The number of nitrogens with two attached hydrogens (primary N) is 1.